The van der Waals surface area contributed by atoms with Crippen LogP contribution in [0.4, 0.5) is 4.79 Å². The first-order valence-electron chi connectivity index (χ1n) is 7.21. The van der Waals surface area contributed by atoms with Crippen molar-refractivity contribution in [2.75, 3.05) is 13.1 Å². The minimum atomic E-state index is -0.789. The van der Waals surface area contributed by atoms with Gasteiger partial charge in [-0.2, -0.15) is 0 Å². The Kier molecular flexibility index (Phi) is 4.02. The monoisotopic (exact) mass is 268 g/mol. The first-order valence-corrected chi connectivity index (χ1v) is 7.21. The quantitative estimate of drug-likeness (QED) is 0.791. The number of carbonyl (C=O) groups is 2. The maximum absolute atomic E-state index is 12.6. The predicted octanol–water partition coefficient (Wildman–Crippen LogP) is 2.02. The van der Waals surface area contributed by atoms with E-state index in [9.17, 15) is 9.59 Å². The number of aliphatic carboxylic acids is 1. The molecule has 2 rings (SSSR count). The Morgan fingerprint density at radius 2 is 1.74 bits per heavy atom. The number of rotatable bonds is 1. The molecule has 5 heteroatoms. The van der Waals surface area contributed by atoms with Gasteiger partial charge in [0.05, 0.1) is 5.92 Å². The molecular formula is C14H24N2O3. The molecule has 2 heterocycles. The Morgan fingerprint density at radius 1 is 1.05 bits per heavy atom. The van der Waals surface area contributed by atoms with E-state index in [-0.39, 0.29) is 18.1 Å². The summed E-state index contributed by atoms with van der Waals surface area (Å²) in [6, 6.07) is 0.0875. The molecule has 0 saturated carbocycles. The molecule has 19 heavy (non-hydrogen) atoms. The highest BCUT2D eigenvalue weighted by Crippen LogP contribution is 2.28. The molecule has 0 aliphatic carbocycles. The van der Waals surface area contributed by atoms with Crippen molar-refractivity contribution in [3.63, 3.8) is 0 Å². The van der Waals surface area contributed by atoms with Gasteiger partial charge in [0.25, 0.3) is 0 Å². The van der Waals surface area contributed by atoms with Gasteiger partial charge in [-0.05, 0) is 39.0 Å². The smallest absolute Gasteiger partial charge is 0.320 e. The van der Waals surface area contributed by atoms with Gasteiger partial charge in [0.1, 0.15) is 0 Å². The molecule has 0 spiro atoms. The highest BCUT2D eigenvalue weighted by atomic mass is 16.4. The number of carboxylic acid groups (broad SMARTS) is 1. The molecule has 2 aliphatic heterocycles. The van der Waals surface area contributed by atoms with E-state index in [0.717, 1.165) is 19.4 Å². The lowest BCUT2D eigenvalue weighted by atomic mass is 9.95. The third-order valence-electron chi connectivity index (χ3n) is 4.68. The summed E-state index contributed by atoms with van der Waals surface area (Å²) in [6.45, 7) is 7.45. The molecule has 1 N–H and O–H groups in total. The minimum absolute atomic E-state index is 0.0234. The van der Waals surface area contributed by atoms with Crippen LogP contribution in [0.1, 0.15) is 40.0 Å². The Balaban J connectivity index is 2.05. The van der Waals surface area contributed by atoms with Crippen LogP contribution in [-0.2, 0) is 4.79 Å². The number of carbonyl (C=O) groups excluding carboxylic acids is 1. The van der Waals surface area contributed by atoms with Gasteiger partial charge >= 0.3 is 12.0 Å². The van der Waals surface area contributed by atoms with Crippen LogP contribution in [0.25, 0.3) is 0 Å². The fourth-order valence-corrected chi connectivity index (χ4v) is 3.26. The van der Waals surface area contributed by atoms with Crippen molar-refractivity contribution in [2.24, 2.45) is 11.8 Å². The average molecular weight is 268 g/mol. The first-order chi connectivity index (χ1) is 8.91. The molecule has 2 fully saturated rings. The van der Waals surface area contributed by atoms with Crippen molar-refractivity contribution in [1.82, 2.24) is 9.80 Å². The van der Waals surface area contributed by atoms with Crippen LogP contribution < -0.4 is 0 Å². The summed E-state index contributed by atoms with van der Waals surface area (Å²) in [5, 5.41) is 9.14. The molecule has 4 atom stereocenters. The van der Waals surface area contributed by atoms with Gasteiger partial charge in [-0.15, -0.1) is 0 Å². The van der Waals surface area contributed by atoms with Crippen LogP contribution >= 0.6 is 0 Å². The second-order valence-corrected chi connectivity index (χ2v) is 6.13. The number of amides is 2. The van der Waals surface area contributed by atoms with Gasteiger partial charge in [0.2, 0.25) is 0 Å². The van der Waals surface area contributed by atoms with Crippen molar-refractivity contribution >= 4 is 12.0 Å². The molecule has 0 aromatic carbocycles. The van der Waals surface area contributed by atoms with Crippen LogP contribution in [0.15, 0.2) is 0 Å². The van der Waals surface area contributed by atoms with E-state index in [1.54, 1.807) is 4.90 Å². The normalized spacial score (nSPS) is 35.5. The van der Waals surface area contributed by atoms with E-state index in [0.29, 0.717) is 18.9 Å². The van der Waals surface area contributed by atoms with Gasteiger partial charge in [-0.25, -0.2) is 4.79 Å². The van der Waals surface area contributed by atoms with Crippen LogP contribution in [0.2, 0.25) is 0 Å². The van der Waals surface area contributed by atoms with E-state index in [4.69, 9.17) is 5.11 Å². The van der Waals surface area contributed by atoms with E-state index in [1.807, 2.05) is 11.8 Å². The minimum Gasteiger partial charge on any atom is -0.481 e. The number of hydrogen-bond donors (Lipinski definition) is 1. The lowest BCUT2D eigenvalue weighted by Gasteiger charge is -2.40. The first kappa shape index (κ1) is 14.2. The zero-order valence-electron chi connectivity index (χ0n) is 12.0. The number of piperidine rings is 1. The van der Waals surface area contributed by atoms with Gasteiger partial charge in [0, 0.05) is 25.2 Å². The molecule has 108 valence electrons. The zero-order chi connectivity index (χ0) is 14.2. The van der Waals surface area contributed by atoms with E-state index < -0.39 is 11.9 Å². The molecular weight excluding hydrogens is 244 g/mol. The molecule has 0 bridgehead atoms. The maximum Gasteiger partial charge on any atom is 0.320 e. The van der Waals surface area contributed by atoms with Gasteiger partial charge in [0.15, 0.2) is 0 Å². The molecule has 0 aromatic rings. The van der Waals surface area contributed by atoms with Crippen molar-refractivity contribution in [2.45, 2.75) is 52.1 Å². The Labute approximate surface area is 114 Å². The maximum atomic E-state index is 12.6. The zero-order valence-corrected chi connectivity index (χ0v) is 12.0. The second-order valence-electron chi connectivity index (χ2n) is 6.13. The summed E-state index contributed by atoms with van der Waals surface area (Å²) in [4.78, 5) is 27.4. The van der Waals surface area contributed by atoms with Gasteiger partial charge in [-0.1, -0.05) is 6.92 Å². The largest absolute Gasteiger partial charge is 0.481 e. The van der Waals surface area contributed by atoms with Gasteiger partial charge < -0.3 is 14.9 Å². The van der Waals surface area contributed by atoms with Crippen molar-refractivity contribution in [3.8, 4) is 0 Å². The van der Waals surface area contributed by atoms with Crippen LogP contribution in [-0.4, -0.2) is 52.1 Å². The van der Waals surface area contributed by atoms with Crippen molar-refractivity contribution in [1.29, 1.82) is 0 Å². The molecule has 2 aliphatic rings. The summed E-state index contributed by atoms with van der Waals surface area (Å²) >= 11 is 0. The Bertz CT molecular complexity index is 372. The van der Waals surface area contributed by atoms with Crippen LogP contribution in [0, 0.1) is 11.8 Å². The third kappa shape index (κ3) is 2.69. The van der Waals surface area contributed by atoms with Crippen molar-refractivity contribution in [3.05, 3.63) is 0 Å². The van der Waals surface area contributed by atoms with Gasteiger partial charge in [-0.3, -0.25) is 4.79 Å². The lowest BCUT2D eigenvalue weighted by molar-refractivity contribution is -0.142. The predicted molar refractivity (Wildman–Crippen MR) is 71.9 cm³/mol. The topological polar surface area (TPSA) is 60.9 Å². The molecule has 4 unspecified atom stereocenters. The highest BCUT2D eigenvalue weighted by Gasteiger charge is 2.41. The second kappa shape index (κ2) is 5.39. The number of likely N-dealkylation sites (tertiary alicyclic amines) is 2. The summed E-state index contributed by atoms with van der Waals surface area (Å²) in [5.74, 6) is -0.669. The standard InChI is InChI=1S/C14H24N2O3/c1-9-4-5-10(2)16(8-9)14(19)15-7-6-12(11(15)3)13(17)18/h9-12H,4-8H2,1-3H3,(H,17,18). The average Bonchev–Trinajstić information content (AvgIpc) is 2.73. The number of carboxylic acids is 1. The number of hydrogen-bond acceptors (Lipinski definition) is 2. The fraction of sp³-hybridized carbons (Fsp3) is 0.857. The SMILES string of the molecule is CC1CCC(C)N(C(=O)N2CCC(C(=O)O)C2C)C1. The number of urea groups is 1. The summed E-state index contributed by atoms with van der Waals surface area (Å²) < 4.78 is 0. The Morgan fingerprint density at radius 3 is 2.32 bits per heavy atom. The van der Waals surface area contributed by atoms with Crippen molar-refractivity contribution < 1.29 is 14.7 Å². The summed E-state index contributed by atoms with van der Waals surface area (Å²) in [5.41, 5.74) is 0. The molecule has 0 aromatic heterocycles. The fourth-order valence-electron chi connectivity index (χ4n) is 3.26. The number of nitrogens with zero attached hydrogens (tertiary/aromatic N) is 2. The lowest BCUT2D eigenvalue weighted by Crippen LogP contribution is -2.52. The Hall–Kier alpha value is -1.26. The van der Waals surface area contributed by atoms with Crippen LogP contribution in [0.5, 0.6) is 0 Å². The molecule has 5 nitrogen and oxygen atoms in total. The molecule has 2 saturated heterocycles. The highest BCUT2D eigenvalue weighted by molar-refractivity contribution is 5.78. The summed E-state index contributed by atoms with van der Waals surface area (Å²) in [7, 11) is 0. The van der Waals surface area contributed by atoms with E-state index >= 15 is 0 Å². The summed E-state index contributed by atoms with van der Waals surface area (Å²) in [6.07, 6.45) is 2.77. The third-order valence-corrected chi connectivity index (χ3v) is 4.68. The van der Waals surface area contributed by atoms with E-state index in [1.165, 1.54) is 0 Å². The molecule has 2 amide bonds. The van der Waals surface area contributed by atoms with Crippen LogP contribution in [0.3, 0.4) is 0 Å². The van der Waals surface area contributed by atoms with E-state index in [2.05, 4.69) is 13.8 Å². The molecule has 0 radical (unpaired) electrons.